The van der Waals surface area contributed by atoms with Crippen LogP contribution in [-0.4, -0.2) is 34.5 Å². The molecule has 0 radical (unpaired) electrons. The van der Waals surface area contributed by atoms with Gasteiger partial charge in [-0.1, -0.05) is 6.07 Å². The normalized spacial score (nSPS) is 9.76. The quantitative estimate of drug-likeness (QED) is 0.586. The highest BCUT2D eigenvalue weighted by atomic mass is 16.2. The Hall–Kier alpha value is -3.67. The van der Waals surface area contributed by atoms with Crippen LogP contribution in [0.5, 0.6) is 0 Å². The predicted molar refractivity (Wildman–Crippen MR) is 89.8 cm³/mol. The molecule has 1 heterocycles. The molecule has 128 valence electrons. The van der Waals surface area contributed by atoms with Crippen LogP contribution in [0.15, 0.2) is 30.5 Å². The topological polar surface area (TPSA) is 140 Å². The van der Waals surface area contributed by atoms with Crippen molar-refractivity contribution in [1.82, 2.24) is 15.5 Å². The van der Waals surface area contributed by atoms with E-state index in [1.807, 2.05) is 6.07 Å². The Morgan fingerprint density at radius 1 is 1.24 bits per heavy atom. The number of H-pyrrole nitrogens is 1. The molecular weight excluding hydrogens is 324 g/mol. The Bertz CT molecular complexity index is 836. The summed E-state index contributed by atoms with van der Waals surface area (Å²) in [6.45, 7) is 1.57. The number of amides is 3. The number of hydrogen-bond donors (Lipinski definition) is 4. The summed E-state index contributed by atoms with van der Waals surface area (Å²) < 4.78 is 0. The molecule has 2 rings (SSSR count). The molecule has 0 aliphatic heterocycles. The van der Waals surface area contributed by atoms with Crippen molar-refractivity contribution in [3.8, 4) is 6.07 Å². The number of carbonyl (C=O) groups excluding carboxylic acids is 3. The summed E-state index contributed by atoms with van der Waals surface area (Å²) in [6.07, 6.45) is 1.49. The van der Waals surface area contributed by atoms with E-state index in [1.54, 1.807) is 18.2 Å². The van der Waals surface area contributed by atoms with Gasteiger partial charge in [-0.3, -0.25) is 19.5 Å². The lowest BCUT2D eigenvalue weighted by molar-refractivity contribution is -0.114. The zero-order chi connectivity index (χ0) is 18.2. The van der Waals surface area contributed by atoms with E-state index in [4.69, 9.17) is 5.26 Å². The molecule has 1 aromatic carbocycles. The number of anilines is 2. The highest BCUT2D eigenvalue weighted by Crippen LogP contribution is 2.15. The van der Waals surface area contributed by atoms with Gasteiger partial charge in [-0.05, 0) is 18.2 Å². The monoisotopic (exact) mass is 340 g/mol. The van der Waals surface area contributed by atoms with E-state index in [-0.39, 0.29) is 30.3 Å². The molecule has 0 aliphatic carbocycles. The highest BCUT2D eigenvalue weighted by molar-refractivity contribution is 6.08. The molecule has 0 saturated carbocycles. The van der Waals surface area contributed by atoms with Crippen molar-refractivity contribution >= 4 is 29.1 Å². The molecule has 0 fully saturated rings. The van der Waals surface area contributed by atoms with Gasteiger partial charge in [0.15, 0.2) is 0 Å². The first kappa shape index (κ1) is 17.7. The predicted octanol–water partition coefficient (Wildman–Crippen LogP) is 1.26. The Morgan fingerprint density at radius 2 is 2.04 bits per heavy atom. The molecule has 0 bridgehead atoms. The van der Waals surface area contributed by atoms with Gasteiger partial charge in [0.05, 0.1) is 24.4 Å². The van der Waals surface area contributed by atoms with E-state index in [9.17, 15) is 14.4 Å². The van der Waals surface area contributed by atoms with Gasteiger partial charge >= 0.3 is 0 Å². The molecule has 4 N–H and O–H groups in total. The maximum atomic E-state index is 12.3. The van der Waals surface area contributed by atoms with E-state index >= 15 is 0 Å². The smallest absolute Gasteiger partial charge is 0.271 e. The summed E-state index contributed by atoms with van der Waals surface area (Å²) >= 11 is 0. The van der Waals surface area contributed by atoms with Crippen LogP contribution < -0.4 is 16.0 Å². The van der Waals surface area contributed by atoms with Crippen molar-refractivity contribution in [3.05, 3.63) is 41.7 Å². The number of nitriles is 1. The molecule has 0 aliphatic rings. The van der Waals surface area contributed by atoms with Crippen molar-refractivity contribution in [1.29, 1.82) is 5.26 Å². The molecule has 9 nitrogen and oxygen atoms in total. The van der Waals surface area contributed by atoms with Gasteiger partial charge in [0.2, 0.25) is 5.91 Å². The number of benzene rings is 1. The van der Waals surface area contributed by atoms with Crippen LogP contribution in [0, 0.1) is 11.3 Å². The van der Waals surface area contributed by atoms with Gasteiger partial charge in [-0.2, -0.15) is 10.4 Å². The molecule has 0 unspecified atom stereocenters. The standard InChI is InChI=1S/C16H16N6O3/c1-10(23)20-12-5-2-4-11(8-12)15(24)21-13-9-19-22-14(13)16(25)18-7-3-6-17/h2,4-5,8-9H,3,7H2,1H3,(H,18,25)(H,19,22)(H,20,23)(H,21,24). The number of carbonyl (C=O) groups is 3. The van der Waals surface area contributed by atoms with Crippen molar-refractivity contribution in [2.45, 2.75) is 13.3 Å². The van der Waals surface area contributed by atoms with Crippen LogP contribution in [0.3, 0.4) is 0 Å². The van der Waals surface area contributed by atoms with Crippen molar-refractivity contribution in [2.24, 2.45) is 0 Å². The second-order valence-corrected chi connectivity index (χ2v) is 5.04. The van der Waals surface area contributed by atoms with E-state index < -0.39 is 11.8 Å². The van der Waals surface area contributed by atoms with E-state index in [0.717, 1.165) is 0 Å². The maximum absolute atomic E-state index is 12.3. The fourth-order valence-corrected chi connectivity index (χ4v) is 2.01. The van der Waals surface area contributed by atoms with Crippen molar-refractivity contribution in [2.75, 3.05) is 17.2 Å². The maximum Gasteiger partial charge on any atom is 0.271 e. The minimum Gasteiger partial charge on any atom is -0.350 e. The number of nitrogens with zero attached hydrogens (tertiary/aromatic N) is 2. The molecule has 0 spiro atoms. The number of nitrogens with one attached hydrogen (secondary N) is 4. The van der Waals surface area contributed by atoms with E-state index in [0.29, 0.717) is 11.3 Å². The average molecular weight is 340 g/mol. The number of rotatable bonds is 6. The van der Waals surface area contributed by atoms with Crippen molar-refractivity contribution in [3.63, 3.8) is 0 Å². The fraction of sp³-hybridized carbons (Fsp3) is 0.188. The Balaban J connectivity index is 2.09. The molecule has 0 atom stereocenters. The van der Waals surface area contributed by atoms with E-state index in [1.165, 1.54) is 19.2 Å². The molecular formula is C16H16N6O3. The number of aromatic nitrogens is 2. The molecule has 3 amide bonds. The minimum atomic E-state index is -0.477. The van der Waals surface area contributed by atoms with Crippen LogP contribution in [-0.2, 0) is 4.79 Å². The molecule has 1 aromatic heterocycles. The van der Waals surface area contributed by atoms with Crippen LogP contribution >= 0.6 is 0 Å². The summed E-state index contributed by atoms with van der Waals surface area (Å²) in [6, 6.07) is 8.30. The van der Waals surface area contributed by atoms with Crippen LogP contribution in [0.1, 0.15) is 34.2 Å². The lowest BCUT2D eigenvalue weighted by Crippen LogP contribution is -2.26. The molecule has 2 aromatic rings. The van der Waals surface area contributed by atoms with Gasteiger partial charge in [0.1, 0.15) is 5.69 Å². The Kier molecular flexibility index (Phi) is 5.84. The largest absolute Gasteiger partial charge is 0.350 e. The second-order valence-electron chi connectivity index (χ2n) is 5.04. The van der Waals surface area contributed by atoms with Gasteiger partial charge < -0.3 is 16.0 Å². The third-order valence-electron chi connectivity index (χ3n) is 3.08. The molecule has 0 saturated heterocycles. The minimum absolute atomic E-state index is 0.0873. The first-order chi connectivity index (χ1) is 12.0. The number of hydrogen-bond acceptors (Lipinski definition) is 5. The summed E-state index contributed by atoms with van der Waals surface area (Å²) in [5.41, 5.74) is 1.10. The first-order valence-corrected chi connectivity index (χ1v) is 7.38. The van der Waals surface area contributed by atoms with Gasteiger partial charge in [0, 0.05) is 24.7 Å². The Labute approximate surface area is 143 Å². The Morgan fingerprint density at radius 3 is 2.76 bits per heavy atom. The highest BCUT2D eigenvalue weighted by Gasteiger charge is 2.16. The molecule has 25 heavy (non-hydrogen) atoms. The SMILES string of the molecule is CC(=O)Nc1cccc(C(=O)Nc2cn[nH]c2C(=O)NCCC#N)c1. The first-order valence-electron chi connectivity index (χ1n) is 7.38. The third-order valence-corrected chi connectivity index (χ3v) is 3.08. The summed E-state index contributed by atoms with van der Waals surface area (Å²) in [4.78, 5) is 35.4. The van der Waals surface area contributed by atoms with Gasteiger partial charge in [0.25, 0.3) is 11.8 Å². The lowest BCUT2D eigenvalue weighted by atomic mass is 10.2. The van der Waals surface area contributed by atoms with Gasteiger partial charge in [-0.25, -0.2) is 0 Å². The van der Waals surface area contributed by atoms with Gasteiger partial charge in [-0.15, -0.1) is 0 Å². The van der Waals surface area contributed by atoms with Crippen LogP contribution in [0.4, 0.5) is 11.4 Å². The van der Waals surface area contributed by atoms with E-state index in [2.05, 4.69) is 26.1 Å². The lowest BCUT2D eigenvalue weighted by Gasteiger charge is -2.08. The summed E-state index contributed by atoms with van der Waals surface area (Å²) in [7, 11) is 0. The average Bonchev–Trinajstić information content (AvgIpc) is 3.03. The summed E-state index contributed by atoms with van der Waals surface area (Å²) in [5, 5.41) is 22.5. The van der Waals surface area contributed by atoms with Crippen LogP contribution in [0.25, 0.3) is 0 Å². The zero-order valence-corrected chi connectivity index (χ0v) is 13.4. The fourth-order valence-electron chi connectivity index (χ4n) is 2.01. The van der Waals surface area contributed by atoms with Crippen molar-refractivity contribution < 1.29 is 14.4 Å². The van der Waals surface area contributed by atoms with Crippen LogP contribution in [0.2, 0.25) is 0 Å². The zero-order valence-electron chi connectivity index (χ0n) is 13.4. The number of aromatic amines is 1. The third kappa shape index (κ3) is 4.90. The molecule has 9 heteroatoms. The second kappa shape index (κ2) is 8.26. The summed E-state index contributed by atoms with van der Waals surface area (Å²) in [5.74, 6) is -1.18.